The highest BCUT2D eigenvalue weighted by molar-refractivity contribution is 6.00. The van der Waals surface area contributed by atoms with Crippen molar-refractivity contribution in [2.45, 2.75) is 46.7 Å². The molecule has 0 fully saturated rings. The fraction of sp³-hybridized carbons (Fsp3) is 0.350. The Kier molecular flexibility index (Phi) is 4.33. The Morgan fingerprint density at radius 2 is 1.96 bits per heavy atom. The lowest BCUT2D eigenvalue weighted by molar-refractivity contribution is 0.0557. The molecule has 0 radical (unpaired) electrons. The van der Waals surface area contributed by atoms with Crippen LogP contribution in [0, 0.1) is 13.8 Å². The van der Waals surface area contributed by atoms with E-state index < -0.39 is 0 Å². The predicted molar refractivity (Wildman–Crippen MR) is 98.5 cm³/mol. The average molecular weight is 336 g/mol. The largest absolute Gasteiger partial charge is 0.328 e. The van der Waals surface area contributed by atoms with Crippen molar-refractivity contribution in [3.8, 4) is 0 Å². The quantitative estimate of drug-likeness (QED) is 0.731. The van der Waals surface area contributed by atoms with Crippen LogP contribution in [0.3, 0.4) is 0 Å². The number of hydrogen-bond donors (Lipinski definition) is 0. The number of hydrogen-bond acceptors (Lipinski definition) is 3. The summed E-state index contributed by atoms with van der Waals surface area (Å²) in [4.78, 5) is 24.2. The molecule has 25 heavy (non-hydrogen) atoms. The molecular formula is C20H24N4O. The van der Waals surface area contributed by atoms with Gasteiger partial charge in [0.15, 0.2) is 0 Å². The topological polar surface area (TPSA) is 50.5 Å². The lowest BCUT2D eigenvalue weighted by atomic mass is 10.0. The number of nitrogens with zero attached hydrogens (tertiary/aromatic N) is 4. The van der Waals surface area contributed by atoms with Crippen LogP contribution in [0.25, 0.3) is 5.65 Å². The minimum Gasteiger partial charge on any atom is -0.328 e. The van der Waals surface area contributed by atoms with Gasteiger partial charge in [0, 0.05) is 29.3 Å². The number of carbonyl (C=O) groups excluding carboxylic acids is 1. The van der Waals surface area contributed by atoms with Crippen molar-refractivity contribution in [1.82, 2.24) is 19.3 Å². The third-order valence-corrected chi connectivity index (χ3v) is 4.27. The number of aryl methyl sites for hydroxylation is 2. The van der Waals surface area contributed by atoms with Crippen molar-refractivity contribution in [3.05, 3.63) is 65.4 Å². The van der Waals surface area contributed by atoms with Gasteiger partial charge in [-0.2, -0.15) is 0 Å². The fourth-order valence-electron chi connectivity index (χ4n) is 2.97. The van der Waals surface area contributed by atoms with Crippen molar-refractivity contribution in [1.29, 1.82) is 0 Å². The van der Waals surface area contributed by atoms with Crippen LogP contribution >= 0.6 is 0 Å². The van der Waals surface area contributed by atoms with Gasteiger partial charge in [0.25, 0.3) is 5.91 Å². The van der Waals surface area contributed by atoms with Crippen LogP contribution in [0.2, 0.25) is 0 Å². The van der Waals surface area contributed by atoms with Crippen molar-refractivity contribution in [2.75, 3.05) is 0 Å². The van der Waals surface area contributed by atoms with Crippen molar-refractivity contribution < 1.29 is 4.79 Å². The molecule has 5 nitrogen and oxygen atoms in total. The number of pyridine rings is 1. The van der Waals surface area contributed by atoms with Crippen LogP contribution < -0.4 is 0 Å². The Hall–Kier alpha value is -2.69. The summed E-state index contributed by atoms with van der Waals surface area (Å²) in [6.45, 7) is 10.5. The molecule has 1 amide bonds. The first kappa shape index (κ1) is 17.1. The van der Waals surface area contributed by atoms with E-state index in [4.69, 9.17) is 0 Å². The monoisotopic (exact) mass is 336 g/mol. The normalized spacial score (nSPS) is 11.7. The standard InChI is InChI=1S/C20H24N4O/c1-14-12-15(2)23-11-9-17(18(23)22-14)19(25)24(20(3,4)5)13-16-8-6-7-10-21-16/h6-12H,13H2,1-5H3. The van der Waals surface area contributed by atoms with Gasteiger partial charge in [-0.3, -0.25) is 9.78 Å². The van der Waals surface area contributed by atoms with Crippen LogP contribution in [-0.2, 0) is 6.54 Å². The fourth-order valence-corrected chi connectivity index (χ4v) is 2.97. The molecule has 0 atom stereocenters. The molecule has 130 valence electrons. The summed E-state index contributed by atoms with van der Waals surface area (Å²) in [6.07, 6.45) is 3.66. The summed E-state index contributed by atoms with van der Waals surface area (Å²) < 4.78 is 1.96. The second kappa shape index (κ2) is 6.31. The predicted octanol–water partition coefficient (Wildman–Crippen LogP) is 3.79. The summed E-state index contributed by atoms with van der Waals surface area (Å²) in [5, 5.41) is 0. The van der Waals surface area contributed by atoms with Gasteiger partial charge in [-0.15, -0.1) is 0 Å². The minimum atomic E-state index is -0.332. The second-order valence-electron chi connectivity index (χ2n) is 7.35. The van der Waals surface area contributed by atoms with Crippen LogP contribution in [-0.4, -0.2) is 30.7 Å². The molecule has 0 saturated carbocycles. The summed E-state index contributed by atoms with van der Waals surface area (Å²) in [5.41, 5.74) is 3.84. The molecule has 0 N–H and O–H groups in total. The minimum absolute atomic E-state index is 0.0295. The zero-order chi connectivity index (χ0) is 18.2. The molecule has 3 aromatic heterocycles. The molecule has 5 heteroatoms. The molecule has 3 rings (SSSR count). The number of rotatable bonds is 3. The van der Waals surface area contributed by atoms with E-state index in [9.17, 15) is 4.79 Å². The first-order valence-electron chi connectivity index (χ1n) is 8.44. The smallest absolute Gasteiger partial charge is 0.258 e. The average Bonchev–Trinajstić information content (AvgIpc) is 2.96. The molecule has 0 bridgehead atoms. The van der Waals surface area contributed by atoms with E-state index in [0.717, 1.165) is 17.1 Å². The van der Waals surface area contributed by atoms with Gasteiger partial charge >= 0.3 is 0 Å². The first-order valence-corrected chi connectivity index (χ1v) is 8.44. The maximum atomic E-state index is 13.3. The third kappa shape index (κ3) is 3.40. The molecule has 0 aliphatic carbocycles. The highest BCUT2D eigenvalue weighted by Crippen LogP contribution is 2.23. The highest BCUT2D eigenvalue weighted by atomic mass is 16.2. The van der Waals surface area contributed by atoms with Crippen molar-refractivity contribution in [3.63, 3.8) is 0 Å². The molecule has 0 aliphatic heterocycles. The van der Waals surface area contributed by atoms with E-state index >= 15 is 0 Å². The van der Waals surface area contributed by atoms with Crippen molar-refractivity contribution >= 4 is 11.6 Å². The number of fused-ring (bicyclic) bond motifs is 1. The van der Waals surface area contributed by atoms with E-state index in [0.29, 0.717) is 17.8 Å². The van der Waals surface area contributed by atoms with Crippen LogP contribution in [0.1, 0.15) is 48.2 Å². The Bertz CT molecular complexity index is 907. The molecule has 0 spiro atoms. The van der Waals surface area contributed by atoms with Gasteiger partial charge in [-0.1, -0.05) is 6.07 Å². The maximum absolute atomic E-state index is 13.3. The van der Waals surface area contributed by atoms with Gasteiger partial charge in [0.2, 0.25) is 0 Å². The van der Waals surface area contributed by atoms with Crippen LogP contribution in [0.4, 0.5) is 0 Å². The second-order valence-corrected chi connectivity index (χ2v) is 7.35. The Labute approximate surface area is 148 Å². The van der Waals surface area contributed by atoms with E-state index in [-0.39, 0.29) is 11.4 Å². The molecule has 3 heterocycles. The zero-order valence-corrected chi connectivity index (χ0v) is 15.4. The molecule has 0 saturated heterocycles. The van der Waals surface area contributed by atoms with Gasteiger partial charge < -0.3 is 9.30 Å². The van der Waals surface area contributed by atoms with Crippen LogP contribution in [0.15, 0.2) is 42.7 Å². The third-order valence-electron chi connectivity index (χ3n) is 4.27. The summed E-state index contributed by atoms with van der Waals surface area (Å²) in [7, 11) is 0. The van der Waals surface area contributed by atoms with E-state index in [1.54, 1.807) is 6.20 Å². The van der Waals surface area contributed by atoms with E-state index in [1.165, 1.54) is 0 Å². The SMILES string of the molecule is Cc1cc(C)n2ccc(C(=O)N(Cc3ccccn3)C(C)(C)C)c2n1. The zero-order valence-electron chi connectivity index (χ0n) is 15.4. The van der Waals surface area contributed by atoms with Gasteiger partial charge in [-0.25, -0.2) is 4.98 Å². The highest BCUT2D eigenvalue weighted by Gasteiger charge is 2.29. The Morgan fingerprint density at radius 1 is 1.20 bits per heavy atom. The summed E-state index contributed by atoms with van der Waals surface area (Å²) in [6, 6.07) is 9.63. The first-order chi connectivity index (χ1) is 11.8. The number of amides is 1. The Morgan fingerprint density at radius 3 is 2.60 bits per heavy atom. The number of carbonyl (C=O) groups is 1. The van der Waals surface area contributed by atoms with E-state index in [1.807, 2.05) is 80.4 Å². The van der Waals surface area contributed by atoms with E-state index in [2.05, 4.69) is 9.97 Å². The summed E-state index contributed by atoms with van der Waals surface area (Å²) in [5.74, 6) is -0.0295. The lowest BCUT2D eigenvalue weighted by Crippen LogP contribution is -2.45. The molecule has 3 aromatic rings. The van der Waals surface area contributed by atoms with Crippen LogP contribution in [0.5, 0.6) is 0 Å². The van der Waals surface area contributed by atoms with Gasteiger partial charge in [0.05, 0.1) is 17.8 Å². The molecule has 0 unspecified atom stereocenters. The maximum Gasteiger partial charge on any atom is 0.258 e. The Balaban J connectivity index is 2.04. The van der Waals surface area contributed by atoms with Gasteiger partial charge in [0.1, 0.15) is 5.65 Å². The number of aromatic nitrogens is 3. The van der Waals surface area contributed by atoms with Crippen molar-refractivity contribution in [2.24, 2.45) is 0 Å². The lowest BCUT2D eigenvalue weighted by Gasteiger charge is -2.35. The molecule has 0 aromatic carbocycles. The molecule has 0 aliphatic rings. The van der Waals surface area contributed by atoms with Gasteiger partial charge in [-0.05, 0) is 58.9 Å². The molecular weight excluding hydrogens is 312 g/mol. The summed E-state index contributed by atoms with van der Waals surface area (Å²) >= 11 is 0.